The molecule has 0 aliphatic carbocycles. The fourth-order valence-electron chi connectivity index (χ4n) is 1.68. The van der Waals surface area contributed by atoms with E-state index in [-0.39, 0.29) is 19.2 Å². The number of carbonyl (C=O) groups excluding carboxylic acids is 1. The highest BCUT2D eigenvalue weighted by Crippen LogP contribution is 2.26. The molecule has 1 N–H and O–H groups in total. The molecule has 0 aromatic rings. The molecule has 94 valence electrons. The molecule has 1 amide bonds. The fourth-order valence-corrected chi connectivity index (χ4v) is 1.68. The van der Waals surface area contributed by atoms with Gasteiger partial charge in [-0.25, -0.2) is 0 Å². The number of halogens is 3. The van der Waals surface area contributed by atoms with Crippen LogP contribution in [0.2, 0.25) is 0 Å². The maximum atomic E-state index is 12.1. The van der Waals surface area contributed by atoms with Crippen LogP contribution in [0.3, 0.4) is 0 Å². The highest BCUT2D eigenvalue weighted by molar-refractivity contribution is 5.82. The minimum Gasteiger partial charge on any atom is -0.395 e. The topological polar surface area (TPSA) is 43.8 Å². The van der Waals surface area contributed by atoms with Crippen LogP contribution in [0, 0.1) is 0 Å². The number of rotatable bonds is 4. The summed E-state index contributed by atoms with van der Waals surface area (Å²) in [5.74, 6) is -1.76. The number of aliphatic hydroxyl groups is 1. The second kappa shape index (κ2) is 5.01. The van der Waals surface area contributed by atoms with Crippen molar-refractivity contribution >= 4 is 5.91 Å². The standard InChI is InChI=1S/C9H15F3N2O2/c1-13(4-5-15)6-7-2-3-14(7)8(16)9(10,11)12/h7,15H,2-6H2,1H3. The number of hydrogen-bond acceptors (Lipinski definition) is 3. The van der Waals surface area contributed by atoms with Gasteiger partial charge in [0.2, 0.25) is 0 Å². The first-order valence-corrected chi connectivity index (χ1v) is 5.03. The van der Waals surface area contributed by atoms with Gasteiger partial charge in [0.1, 0.15) is 0 Å². The van der Waals surface area contributed by atoms with Gasteiger partial charge in [-0.15, -0.1) is 0 Å². The zero-order valence-electron chi connectivity index (χ0n) is 9.00. The van der Waals surface area contributed by atoms with Gasteiger partial charge in [0, 0.05) is 25.7 Å². The molecular formula is C9H15F3N2O2. The summed E-state index contributed by atoms with van der Waals surface area (Å²) in [4.78, 5) is 13.5. The molecule has 1 heterocycles. The van der Waals surface area contributed by atoms with Gasteiger partial charge in [-0.05, 0) is 13.5 Å². The first-order chi connectivity index (χ1) is 7.36. The van der Waals surface area contributed by atoms with Gasteiger partial charge in [-0.2, -0.15) is 13.2 Å². The second-order valence-electron chi connectivity index (χ2n) is 3.92. The lowest BCUT2D eigenvalue weighted by atomic mass is 10.0. The van der Waals surface area contributed by atoms with E-state index in [1.165, 1.54) is 0 Å². The summed E-state index contributed by atoms with van der Waals surface area (Å²) >= 11 is 0. The van der Waals surface area contributed by atoms with Gasteiger partial charge in [-0.1, -0.05) is 0 Å². The molecule has 1 saturated heterocycles. The predicted molar refractivity (Wildman–Crippen MR) is 50.8 cm³/mol. The molecule has 1 rings (SSSR count). The van der Waals surface area contributed by atoms with E-state index in [1.807, 2.05) is 0 Å². The van der Waals surface area contributed by atoms with E-state index < -0.39 is 12.1 Å². The monoisotopic (exact) mass is 240 g/mol. The third-order valence-corrected chi connectivity index (χ3v) is 2.65. The first kappa shape index (κ1) is 13.2. The molecule has 1 fully saturated rings. The number of aliphatic hydroxyl groups excluding tert-OH is 1. The number of nitrogens with zero attached hydrogens (tertiary/aromatic N) is 2. The van der Waals surface area contributed by atoms with Crippen LogP contribution in [0.25, 0.3) is 0 Å². The lowest BCUT2D eigenvalue weighted by molar-refractivity contribution is -0.193. The van der Waals surface area contributed by atoms with E-state index in [0.29, 0.717) is 19.5 Å². The maximum Gasteiger partial charge on any atom is 0.471 e. The Hall–Kier alpha value is -0.820. The summed E-state index contributed by atoms with van der Waals surface area (Å²) in [7, 11) is 1.70. The van der Waals surface area contributed by atoms with Gasteiger partial charge < -0.3 is 14.9 Å². The van der Waals surface area contributed by atoms with Crippen molar-refractivity contribution in [1.82, 2.24) is 9.80 Å². The van der Waals surface area contributed by atoms with Crippen LogP contribution >= 0.6 is 0 Å². The number of alkyl halides is 3. The van der Waals surface area contributed by atoms with Crippen LogP contribution in [-0.2, 0) is 4.79 Å². The summed E-state index contributed by atoms with van der Waals surface area (Å²) in [5.41, 5.74) is 0. The van der Waals surface area contributed by atoms with E-state index in [1.54, 1.807) is 11.9 Å². The third-order valence-electron chi connectivity index (χ3n) is 2.65. The Morgan fingerprint density at radius 3 is 2.56 bits per heavy atom. The molecule has 0 radical (unpaired) electrons. The molecular weight excluding hydrogens is 225 g/mol. The molecule has 1 unspecified atom stereocenters. The van der Waals surface area contributed by atoms with Gasteiger partial charge in [-0.3, -0.25) is 4.79 Å². The number of hydrogen-bond donors (Lipinski definition) is 1. The third kappa shape index (κ3) is 3.08. The molecule has 0 spiro atoms. The molecule has 0 aromatic heterocycles. The normalized spacial score (nSPS) is 21.1. The summed E-state index contributed by atoms with van der Waals surface area (Å²) in [5, 5.41) is 8.64. The van der Waals surface area contributed by atoms with Crippen molar-refractivity contribution in [2.24, 2.45) is 0 Å². The zero-order chi connectivity index (χ0) is 12.3. The molecule has 16 heavy (non-hydrogen) atoms. The molecule has 0 saturated carbocycles. The van der Waals surface area contributed by atoms with Gasteiger partial charge >= 0.3 is 12.1 Å². The van der Waals surface area contributed by atoms with Crippen molar-refractivity contribution in [3.05, 3.63) is 0 Å². The highest BCUT2D eigenvalue weighted by Gasteiger charge is 2.47. The Morgan fingerprint density at radius 2 is 2.19 bits per heavy atom. The molecule has 7 heteroatoms. The molecule has 4 nitrogen and oxygen atoms in total. The molecule has 1 aliphatic heterocycles. The minimum absolute atomic E-state index is 0.0452. The summed E-state index contributed by atoms with van der Waals surface area (Å²) < 4.78 is 36.4. The number of carbonyl (C=O) groups is 1. The minimum atomic E-state index is -4.78. The SMILES string of the molecule is CN(CCO)CC1CCN1C(=O)C(F)(F)F. The second-order valence-corrected chi connectivity index (χ2v) is 3.92. The summed E-state index contributed by atoms with van der Waals surface area (Å²) in [6.45, 7) is 0.874. The Morgan fingerprint density at radius 1 is 1.56 bits per heavy atom. The number of amides is 1. The average molecular weight is 240 g/mol. The average Bonchev–Trinajstić information content (AvgIpc) is 2.11. The van der Waals surface area contributed by atoms with Crippen LogP contribution in [0.15, 0.2) is 0 Å². The van der Waals surface area contributed by atoms with Gasteiger partial charge in [0.25, 0.3) is 0 Å². The fraction of sp³-hybridized carbons (Fsp3) is 0.889. The van der Waals surface area contributed by atoms with Crippen molar-refractivity contribution in [3.8, 4) is 0 Å². The largest absolute Gasteiger partial charge is 0.471 e. The van der Waals surface area contributed by atoms with Crippen LogP contribution in [-0.4, -0.2) is 66.3 Å². The summed E-state index contributed by atoms with van der Waals surface area (Å²) in [6, 6.07) is -0.384. The molecule has 0 bridgehead atoms. The van der Waals surface area contributed by atoms with Crippen molar-refractivity contribution in [2.75, 3.05) is 33.3 Å². The number of likely N-dealkylation sites (tertiary alicyclic amines) is 1. The van der Waals surface area contributed by atoms with E-state index in [0.717, 1.165) is 4.90 Å². The van der Waals surface area contributed by atoms with E-state index in [2.05, 4.69) is 0 Å². The number of likely N-dealkylation sites (N-methyl/N-ethyl adjacent to an activating group) is 1. The van der Waals surface area contributed by atoms with Gasteiger partial charge in [0.05, 0.1) is 6.61 Å². The highest BCUT2D eigenvalue weighted by atomic mass is 19.4. The van der Waals surface area contributed by atoms with Crippen LogP contribution in [0.1, 0.15) is 6.42 Å². The van der Waals surface area contributed by atoms with Crippen molar-refractivity contribution in [3.63, 3.8) is 0 Å². The lowest BCUT2D eigenvalue weighted by Gasteiger charge is -2.42. The Labute approximate surface area is 91.6 Å². The van der Waals surface area contributed by atoms with E-state index >= 15 is 0 Å². The zero-order valence-corrected chi connectivity index (χ0v) is 9.00. The lowest BCUT2D eigenvalue weighted by Crippen LogP contribution is -2.59. The predicted octanol–water partition coefficient (Wildman–Crippen LogP) is 0.0737. The molecule has 1 aliphatic rings. The van der Waals surface area contributed by atoms with Crippen molar-refractivity contribution < 1.29 is 23.1 Å². The quantitative estimate of drug-likeness (QED) is 0.756. The Bertz CT molecular complexity index is 258. The molecule has 0 aromatic carbocycles. The van der Waals surface area contributed by atoms with Crippen molar-refractivity contribution in [2.45, 2.75) is 18.6 Å². The van der Waals surface area contributed by atoms with Crippen molar-refractivity contribution in [1.29, 1.82) is 0 Å². The molecule has 1 atom stereocenters. The Kier molecular flexibility index (Phi) is 4.15. The van der Waals surface area contributed by atoms with Crippen LogP contribution in [0.5, 0.6) is 0 Å². The smallest absolute Gasteiger partial charge is 0.395 e. The van der Waals surface area contributed by atoms with Crippen LogP contribution < -0.4 is 0 Å². The summed E-state index contributed by atoms with van der Waals surface area (Å²) in [6.07, 6.45) is -4.20. The maximum absolute atomic E-state index is 12.1. The van der Waals surface area contributed by atoms with Crippen LogP contribution in [0.4, 0.5) is 13.2 Å². The first-order valence-electron chi connectivity index (χ1n) is 5.03. The van der Waals surface area contributed by atoms with E-state index in [4.69, 9.17) is 5.11 Å². The Balaban J connectivity index is 2.44. The van der Waals surface area contributed by atoms with E-state index in [9.17, 15) is 18.0 Å². The van der Waals surface area contributed by atoms with Gasteiger partial charge in [0.15, 0.2) is 0 Å².